The van der Waals surface area contributed by atoms with Gasteiger partial charge in [-0.15, -0.1) is 0 Å². The van der Waals surface area contributed by atoms with E-state index in [0.717, 1.165) is 16.8 Å². The molecule has 0 spiro atoms. The topological polar surface area (TPSA) is 55.1 Å². The predicted octanol–water partition coefficient (Wildman–Crippen LogP) is 2.50. The SMILES string of the molecule is Cc1ccccc1NC(=O)C(N)Cc1ccccc1. The molecule has 2 aromatic carbocycles. The van der Waals surface area contributed by atoms with E-state index in [2.05, 4.69) is 5.32 Å². The van der Waals surface area contributed by atoms with Crippen LogP contribution in [0.2, 0.25) is 0 Å². The van der Waals surface area contributed by atoms with Crippen LogP contribution in [0.1, 0.15) is 11.1 Å². The maximum absolute atomic E-state index is 12.0. The second-order valence-corrected chi connectivity index (χ2v) is 4.60. The van der Waals surface area contributed by atoms with E-state index in [1.54, 1.807) is 0 Å². The Labute approximate surface area is 113 Å². The molecule has 2 rings (SSSR count). The summed E-state index contributed by atoms with van der Waals surface area (Å²) in [6, 6.07) is 16.9. The summed E-state index contributed by atoms with van der Waals surface area (Å²) < 4.78 is 0. The van der Waals surface area contributed by atoms with Crippen molar-refractivity contribution in [3.8, 4) is 0 Å². The Morgan fingerprint density at radius 2 is 1.74 bits per heavy atom. The third-order valence-corrected chi connectivity index (χ3v) is 3.04. The van der Waals surface area contributed by atoms with Gasteiger partial charge < -0.3 is 11.1 Å². The minimum absolute atomic E-state index is 0.154. The van der Waals surface area contributed by atoms with Crippen LogP contribution in [0, 0.1) is 6.92 Å². The zero-order valence-electron chi connectivity index (χ0n) is 11.0. The van der Waals surface area contributed by atoms with Gasteiger partial charge in [-0.05, 0) is 30.5 Å². The average Bonchev–Trinajstić information content (AvgIpc) is 2.42. The first-order valence-electron chi connectivity index (χ1n) is 6.33. The Balaban J connectivity index is 1.99. The van der Waals surface area contributed by atoms with E-state index in [9.17, 15) is 4.79 Å². The summed E-state index contributed by atoms with van der Waals surface area (Å²) in [7, 11) is 0. The zero-order valence-corrected chi connectivity index (χ0v) is 11.0. The molecule has 98 valence electrons. The minimum atomic E-state index is -0.540. The molecule has 2 aromatic rings. The number of benzene rings is 2. The second kappa shape index (κ2) is 6.16. The lowest BCUT2D eigenvalue weighted by Crippen LogP contribution is -2.37. The lowest BCUT2D eigenvalue weighted by atomic mass is 10.1. The van der Waals surface area contributed by atoms with Crippen molar-refractivity contribution in [1.29, 1.82) is 0 Å². The number of anilines is 1. The van der Waals surface area contributed by atoms with Gasteiger partial charge in [-0.3, -0.25) is 4.79 Å². The van der Waals surface area contributed by atoms with Crippen molar-refractivity contribution in [2.45, 2.75) is 19.4 Å². The third-order valence-electron chi connectivity index (χ3n) is 3.04. The molecule has 0 aliphatic carbocycles. The number of aryl methyl sites for hydroxylation is 1. The molecule has 3 nitrogen and oxygen atoms in total. The molecule has 1 amide bonds. The zero-order chi connectivity index (χ0) is 13.7. The molecule has 0 saturated carbocycles. The first-order chi connectivity index (χ1) is 9.16. The molecule has 19 heavy (non-hydrogen) atoms. The molecule has 0 fully saturated rings. The maximum atomic E-state index is 12.0. The molecule has 0 aliphatic heterocycles. The van der Waals surface area contributed by atoms with Crippen LogP contribution < -0.4 is 11.1 Å². The van der Waals surface area contributed by atoms with Crippen LogP contribution in [-0.2, 0) is 11.2 Å². The number of carbonyl (C=O) groups excluding carboxylic acids is 1. The van der Waals surface area contributed by atoms with Crippen molar-refractivity contribution in [3.05, 3.63) is 65.7 Å². The standard InChI is InChI=1S/C16H18N2O/c1-12-7-5-6-10-15(12)18-16(19)14(17)11-13-8-3-2-4-9-13/h2-10,14H,11,17H2,1H3,(H,18,19). The van der Waals surface area contributed by atoms with Gasteiger partial charge in [0.15, 0.2) is 0 Å². The maximum Gasteiger partial charge on any atom is 0.241 e. The monoisotopic (exact) mass is 254 g/mol. The van der Waals surface area contributed by atoms with Crippen LogP contribution in [-0.4, -0.2) is 11.9 Å². The molecule has 1 atom stereocenters. The van der Waals surface area contributed by atoms with Crippen LogP contribution >= 0.6 is 0 Å². The molecule has 3 heteroatoms. The number of nitrogens with one attached hydrogen (secondary N) is 1. The van der Waals surface area contributed by atoms with Crippen molar-refractivity contribution in [3.63, 3.8) is 0 Å². The normalized spacial score (nSPS) is 11.9. The number of carbonyl (C=O) groups is 1. The summed E-state index contributed by atoms with van der Waals surface area (Å²) in [5, 5.41) is 2.87. The van der Waals surface area contributed by atoms with Gasteiger partial charge in [-0.2, -0.15) is 0 Å². The van der Waals surface area contributed by atoms with Gasteiger partial charge in [0, 0.05) is 5.69 Å². The first-order valence-corrected chi connectivity index (χ1v) is 6.33. The summed E-state index contributed by atoms with van der Waals surface area (Å²) in [5.41, 5.74) is 8.85. The van der Waals surface area contributed by atoms with E-state index in [4.69, 9.17) is 5.73 Å². The highest BCUT2D eigenvalue weighted by molar-refractivity contribution is 5.95. The lowest BCUT2D eigenvalue weighted by Gasteiger charge is -2.13. The molecular formula is C16H18N2O. The van der Waals surface area contributed by atoms with Gasteiger partial charge in [0.2, 0.25) is 5.91 Å². The number of para-hydroxylation sites is 1. The molecule has 0 radical (unpaired) electrons. The molecule has 1 unspecified atom stereocenters. The largest absolute Gasteiger partial charge is 0.324 e. The van der Waals surface area contributed by atoms with E-state index < -0.39 is 6.04 Å². The van der Waals surface area contributed by atoms with Crippen molar-refractivity contribution < 1.29 is 4.79 Å². The lowest BCUT2D eigenvalue weighted by molar-refractivity contribution is -0.117. The van der Waals surface area contributed by atoms with Gasteiger partial charge in [-0.25, -0.2) is 0 Å². The highest BCUT2D eigenvalue weighted by atomic mass is 16.2. The van der Waals surface area contributed by atoms with Crippen molar-refractivity contribution in [1.82, 2.24) is 0 Å². The van der Waals surface area contributed by atoms with Gasteiger partial charge >= 0.3 is 0 Å². The van der Waals surface area contributed by atoms with Crippen molar-refractivity contribution in [2.24, 2.45) is 5.73 Å². The van der Waals surface area contributed by atoms with Crippen molar-refractivity contribution in [2.75, 3.05) is 5.32 Å². The highest BCUT2D eigenvalue weighted by Gasteiger charge is 2.14. The van der Waals surface area contributed by atoms with Crippen LogP contribution in [0.4, 0.5) is 5.69 Å². The van der Waals surface area contributed by atoms with E-state index in [1.807, 2.05) is 61.5 Å². The molecule has 0 aliphatic rings. The fourth-order valence-corrected chi connectivity index (χ4v) is 1.90. The summed E-state index contributed by atoms with van der Waals surface area (Å²) in [6.07, 6.45) is 0.540. The Hall–Kier alpha value is -2.13. The van der Waals surface area contributed by atoms with E-state index in [1.165, 1.54) is 0 Å². The number of nitrogens with two attached hydrogens (primary N) is 1. The Morgan fingerprint density at radius 3 is 2.42 bits per heavy atom. The van der Waals surface area contributed by atoms with Crippen LogP contribution in [0.3, 0.4) is 0 Å². The number of hydrogen-bond donors (Lipinski definition) is 2. The van der Waals surface area contributed by atoms with E-state index in [0.29, 0.717) is 6.42 Å². The first kappa shape index (κ1) is 13.3. The van der Waals surface area contributed by atoms with Gasteiger partial charge in [0.05, 0.1) is 6.04 Å². The third kappa shape index (κ3) is 3.66. The van der Waals surface area contributed by atoms with Crippen LogP contribution in [0.25, 0.3) is 0 Å². The Kier molecular flexibility index (Phi) is 4.31. The quantitative estimate of drug-likeness (QED) is 0.880. The predicted molar refractivity (Wildman–Crippen MR) is 77.9 cm³/mol. The molecule has 0 bridgehead atoms. The van der Waals surface area contributed by atoms with Gasteiger partial charge in [0.1, 0.15) is 0 Å². The molecule has 3 N–H and O–H groups in total. The Morgan fingerprint density at radius 1 is 1.11 bits per heavy atom. The molecule has 0 heterocycles. The second-order valence-electron chi connectivity index (χ2n) is 4.60. The van der Waals surface area contributed by atoms with Crippen LogP contribution in [0.5, 0.6) is 0 Å². The summed E-state index contributed by atoms with van der Waals surface area (Å²) >= 11 is 0. The summed E-state index contributed by atoms with van der Waals surface area (Å²) in [4.78, 5) is 12.0. The van der Waals surface area contributed by atoms with Gasteiger partial charge in [0.25, 0.3) is 0 Å². The molecular weight excluding hydrogens is 236 g/mol. The molecule has 0 aromatic heterocycles. The van der Waals surface area contributed by atoms with Crippen molar-refractivity contribution >= 4 is 11.6 Å². The number of amides is 1. The van der Waals surface area contributed by atoms with E-state index in [-0.39, 0.29) is 5.91 Å². The smallest absolute Gasteiger partial charge is 0.241 e. The fourth-order valence-electron chi connectivity index (χ4n) is 1.90. The van der Waals surface area contributed by atoms with Crippen LogP contribution in [0.15, 0.2) is 54.6 Å². The van der Waals surface area contributed by atoms with Gasteiger partial charge in [-0.1, -0.05) is 48.5 Å². The average molecular weight is 254 g/mol. The minimum Gasteiger partial charge on any atom is -0.324 e. The summed E-state index contributed by atoms with van der Waals surface area (Å²) in [5.74, 6) is -0.154. The number of hydrogen-bond acceptors (Lipinski definition) is 2. The number of rotatable bonds is 4. The fraction of sp³-hybridized carbons (Fsp3) is 0.188. The molecule has 0 saturated heterocycles. The van der Waals surface area contributed by atoms with E-state index >= 15 is 0 Å². The summed E-state index contributed by atoms with van der Waals surface area (Å²) in [6.45, 7) is 1.96. The Bertz CT molecular complexity index is 552. The highest BCUT2D eigenvalue weighted by Crippen LogP contribution is 2.13.